The van der Waals surface area contributed by atoms with Gasteiger partial charge >= 0.3 is 0 Å². The van der Waals surface area contributed by atoms with Gasteiger partial charge in [-0.05, 0) is 30.3 Å². The van der Waals surface area contributed by atoms with E-state index in [2.05, 4.69) is 5.32 Å². The molecule has 0 aromatic heterocycles. The van der Waals surface area contributed by atoms with Crippen LogP contribution in [0.25, 0.3) is 0 Å². The van der Waals surface area contributed by atoms with Gasteiger partial charge in [0.1, 0.15) is 11.6 Å². The Morgan fingerprint density at radius 2 is 1.86 bits per heavy atom. The normalized spacial score (nSPS) is 10.4. The zero-order chi connectivity index (χ0) is 15.4. The van der Waals surface area contributed by atoms with Crippen LogP contribution in [0.4, 0.5) is 20.2 Å². The van der Waals surface area contributed by atoms with Crippen molar-refractivity contribution in [1.82, 2.24) is 0 Å². The van der Waals surface area contributed by atoms with Gasteiger partial charge in [-0.1, -0.05) is 11.6 Å². The van der Waals surface area contributed by atoms with Gasteiger partial charge in [-0.3, -0.25) is 4.79 Å². The maximum Gasteiger partial charge on any atom is 0.234 e. The van der Waals surface area contributed by atoms with Crippen LogP contribution in [0.15, 0.2) is 41.3 Å². The minimum Gasteiger partial charge on any atom is -0.399 e. The number of nitrogens with two attached hydrogens (primary N) is 1. The first-order valence-electron chi connectivity index (χ1n) is 5.88. The molecule has 0 aliphatic heterocycles. The molecule has 2 rings (SSSR count). The highest BCUT2D eigenvalue weighted by Crippen LogP contribution is 2.29. The molecule has 0 heterocycles. The fourth-order valence-electron chi connectivity index (χ4n) is 1.60. The smallest absolute Gasteiger partial charge is 0.234 e. The Morgan fingerprint density at radius 1 is 1.19 bits per heavy atom. The molecule has 0 bridgehead atoms. The van der Waals surface area contributed by atoms with Crippen LogP contribution in [-0.2, 0) is 4.79 Å². The predicted molar refractivity (Wildman–Crippen MR) is 81.6 cm³/mol. The molecule has 1 amide bonds. The number of benzene rings is 2. The van der Waals surface area contributed by atoms with Crippen molar-refractivity contribution in [3.63, 3.8) is 0 Å². The molecule has 0 atom stereocenters. The third-order valence-corrected chi connectivity index (χ3v) is 3.96. The summed E-state index contributed by atoms with van der Waals surface area (Å²) in [5.74, 6) is -1.86. The molecule has 0 aliphatic rings. The lowest BCUT2D eigenvalue weighted by Crippen LogP contribution is -2.14. The number of nitrogens with one attached hydrogen (secondary N) is 1. The second-order valence-corrected chi connectivity index (χ2v) is 5.61. The lowest BCUT2D eigenvalue weighted by Gasteiger charge is -2.07. The van der Waals surface area contributed by atoms with Gasteiger partial charge < -0.3 is 11.1 Å². The van der Waals surface area contributed by atoms with E-state index in [1.807, 2.05) is 0 Å². The minimum atomic E-state index is -0.753. The van der Waals surface area contributed by atoms with Crippen molar-refractivity contribution in [3.05, 3.63) is 53.1 Å². The van der Waals surface area contributed by atoms with Crippen molar-refractivity contribution in [2.45, 2.75) is 4.90 Å². The van der Waals surface area contributed by atoms with E-state index in [9.17, 15) is 13.6 Å². The largest absolute Gasteiger partial charge is 0.399 e. The average Bonchev–Trinajstić information content (AvgIpc) is 2.38. The summed E-state index contributed by atoms with van der Waals surface area (Å²) in [7, 11) is 0. The van der Waals surface area contributed by atoms with Crippen LogP contribution in [0.3, 0.4) is 0 Å². The van der Waals surface area contributed by atoms with Gasteiger partial charge in [-0.15, -0.1) is 11.8 Å². The molecule has 0 aliphatic carbocycles. The SMILES string of the molecule is Nc1ccc(Cl)c(SCC(=O)Nc2cc(F)cc(F)c2)c1. The molecule has 0 spiro atoms. The standard InChI is InChI=1S/C14H11ClF2N2OS/c15-12-2-1-10(18)6-13(12)21-7-14(20)19-11-4-8(16)3-9(17)5-11/h1-6H,7,18H2,(H,19,20). The summed E-state index contributed by atoms with van der Waals surface area (Å²) in [5, 5.41) is 2.90. The van der Waals surface area contributed by atoms with Crippen molar-refractivity contribution in [1.29, 1.82) is 0 Å². The molecular formula is C14H11ClF2N2OS. The summed E-state index contributed by atoms with van der Waals surface area (Å²) in [6.45, 7) is 0. The molecule has 0 unspecified atom stereocenters. The Morgan fingerprint density at radius 3 is 2.52 bits per heavy atom. The van der Waals surface area contributed by atoms with Gasteiger partial charge in [0.15, 0.2) is 0 Å². The summed E-state index contributed by atoms with van der Waals surface area (Å²) in [5.41, 5.74) is 6.24. The number of thioether (sulfide) groups is 1. The maximum absolute atomic E-state index is 13.0. The van der Waals surface area contributed by atoms with Crippen LogP contribution in [0, 0.1) is 11.6 Å². The van der Waals surface area contributed by atoms with Crippen molar-refractivity contribution in [3.8, 4) is 0 Å². The van der Waals surface area contributed by atoms with E-state index in [1.54, 1.807) is 18.2 Å². The highest BCUT2D eigenvalue weighted by Gasteiger charge is 2.08. The second kappa shape index (κ2) is 6.78. The molecule has 0 saturated carbocycles. The highest BCUT2D eigenvalue weighted by molar-refractivity contribution is 8.00. The molecule has 110 valence electrons. The molecule has 2 aromatic rings. The molecule has 0 saturated heterocycles. The van der Waals surface area contributed by atoms with E-state index in [1.165, 1.54) is 11.8 Å². The number of halogens is 3. The van der Waals surface area contributed by atoms with Crippen LogP contribution >= 0.6 is 23.4 Å². The highest BCUT2D eigenvalue weighted by atomic mass is 35.5. The van der Waals surface area contributed by atoms with Gasteiger partial charge in [-0.2, -0.15) is 0 Å². The van der Waals surface area contributed by atoms with E-state index in [4.69, 9.17) is 17.3 Å². The first-order chi connectivity index (χ1) is 9.94. The number of rotatable bonds is 4. The average molecular weight is 329 g/mol. The Kier molecular flexibility index (Phi) is 5.03. The number of hydrogen-bond acceptors (Lipinski definition) is 3. The van der Waals surface area contributed by atoms with Gasteiger partial charge in [0, 0.05) is 22.3 Å². The number of amides is 1. The van der Waals surface area contributed by atoms with Gasteiger partial charge in [0.05, 0.1) is 10.8 Å². The predicted octanol–water partition coefficient (Wildman–Crippen LogP) is 3.93. The summed E-state index contributed by atoms with van der Waals surface area (Å²) < 4.78 is 26.0. The van der Waals surface area contributed by atoms with Crippen LogP contribution < -0.4 is 11.1 Å². The number of nitrogen functional groups attached to an aromatic ring is 1. The Labute approximate surface area is 129 Å². The van der Waals surface area contributed by atoms with E-state index < -0.39 is 17.5 Å². The first-order valence-corrected chi connectivity index (χ1v) is 7.24. The fraction of sp³-hybridized carbons (Fsp3) is 0.0714. The maximum atomic E-state index is 13.0. The van der Waals surface area contributed by atoms with E-state index in [0.717, 1.165) is 18.2 Å². The second-order valence-electron chi connectivity index (χ2n) is 4.18. The van der Waals surface area contributed by atoms with Crippen molar-refractivity contribution in [2.24, 2.45) is 0 Å². The van der Waals surface area contributed by atoms with E-state index in [-0.39, 0.29) is 11.4 Å². The monoisotopic (exact) mass is 328 g/mol. The third-order valence-electron chi connectivity index (χ3n) is 2.46. The van der Waals surface area contributed by atoms with Gasteiger partial charge in [0.2, 0.25) is 5.91 Å². The molecule has 7 heteroatoms. The van der Waals surface area contributed by atoms with Gasteiger partial charge in [0.25, 0.3) is 0 Å². The quantitative estimate of drug-likeness (QED) is 0.660. The molecule has 0 radical (unpaired) electrons. The first kappa shape index (κ1) is 15.6. The Bertz CT molecular complexity index is 662. The zero-order valence-corrected chi connectivity index (χ0v) is 12.3. The summed E-state index contributed by atoms with van der Waals surface area (Å²) >= 11 is 7.16. The Hall–Kier alpha value is -1.79. The topological polar surface area (TPSA) is 55.1 Å². The van der Waals surface area contributed by atoms with Crippen LogP contribution in [0.1, 0.15) is 0 Å². The lowest BCUT2D eigenvalue weighted by molar-refractivity contribution is -0.113. The molecule has 0 fully saturated rings. The van der Waals surface area contributed by atoms with E-state index >= 15 is 0 Å². The molecule has 2 aromatic carbocycles. The van der Waals surface area contributed by atoms with Crippen LogP contribution in [0.2, 0.25) is 5.02 Å². The Balaban J connectivity index is 1.97. The molecule has 21 heavy (non-hydrogen) atoms. The molecule has 3 N–H and O–H groups in total. The number of hydrogen-bond donors (Lipinski definition) is 2. The van der Waals surface area contributed by atoms with Crippen LogP contribution in [-0.4, -0.2) is 11.7 Å². The van der Waals surface area contributed by atoms with Gasteiger partial charge in [-0.25, -0.2) is 8.78 Å². The lowest BCUT2D eigenvalue weighted by atomic mass is 10.3. The fourth-order valence-corrected chi connectivity index (χ4v) is 2.66. The number of carbonyl (C=O) groups is 1. The van der Waals surface area contributed by atoms with E-state index in [0.29, 0.717) is 15.6 Å². The molecule has 3 nitrogen and oxygen atoms in total. The number of anilines is 2. The summed E-state index contributed by atoms with van der Waals surface area (Å²) in [6, 6.07) is 7.76. The summed E-state index contributed by atoms with van der Waals surface area (Å²) in [6.07, 6.45) is 0. The van der Waals surface area contributed by atoms with Crippen molar-refractivity contribution >= 4 is 40.6 Å². The van der Waals surface area contributed by atoms with Crippen LogP contribution in [0.5, 0.6) is 0 Å². The summed E-state index contributed by atoms with van der Waals surface area (Å²) in [4.78, 5) is 12.4. The van der Waals surface area contributed by atoms with Crippen molar-refractivity contribution in [2.75, 3.05) is 16.8 Å². The third kappa shape index (κ3) is 4.61. The number of carbonyl (C=O) groups excluding carboxylic acids is 1. The molecular weight excluding hydrogens is 318 g/mol. The van der Waals surface area contributed by atoms with Crippen molar-refractivity contribution < 1.29 is 13.6 Å². The minimum absolute atomic E-state index is 0.0430. The zero-order valence-electron chi connectivity index (χ0n) is 10.7.